The second kappa shape index (κ2) is 10.4. The topological polar surface area (TPSA) is 73.0 Å². The maximum absolute atomic E-state index is 12.6. The maximum atomic E-state index is 12.6. The largest absolute Gasteiger partial charge is 0.369 e. The Balaban J connectivity index is 1.07. The second-order valence-electron chi connectivity index (χ2n) is 9.58. The Morgan fingerprint density at radius 1 is 0.829 bits per heavy atom. The van der Waals surface area contributed by atoms with E-state index in [1.807, 2.05) is 42.5 Å². The van der Waals surface area contributed by atoms with Gasteiger partial charge in [0.05, 0.1) is 11.8 Å². The molecule has 3 aliphatic rings. The highest BCUT2D eigenvalue weighted by Gasteiger charge is 2.46. The fraction of sp³-hybridized carbons (Fsp3) is 0.393. The molecule has 0 aromatic heterocycles. The fourth-order valence-electron chi connectivity index (χ4n) is 5.29. The first-order valence-corrected chi connectivity index (χ1v) is 12.5. The molecule has 35 heavy (non-hydrogen) atoms. The van der Waals surface area contributed by atoms with Gasteiger partial charge >= 0.3 is 0 Å². The van der Waals surface area contributed by atoms with Gasteiger partial charge in [-0.3, -0.25) is 24.2 Å². The van der Waals surface area contributed by atoms with Crippen LogP contribution in [-0.4, -0.2) is 60.2 Å². The Labute approximate surface area is 206 Å². The van der Waals surface area contributed by atoms with Gasteiger partial charge in [0.1, 0.15) is 0 Å². The molecule has 2 saturated heterocycles. The van der Waals surface area contributed by atoms with E-state index in [1.54, 1.807) is 0 Å². The third kappa shape index (κ3) is 5.30. The highest BCUT2D eigenvalue weighted by Crippen LogP contribution is 2.35. The standard InChI is InChI=1S/C28H32N4O3/c33-26(14-15-32-27(34)24-8-4-5-9-25(24)28(32)35)29-22-10-12-23(13-11-22)31-18-16-30(17-19-31)20-21-6-2-1-3-7-21/h1-7,10-13,24-25H,8-9,14-20H2,(H,29,33)/t24-,25+. The maximum Gasteiger partial charge on any atom is 0.233 e. The summed E-state index contributed by atoms with van der Waals surface area (Å²) in [7, 11) is 0. The van der Waals surface area contributed by atoms with Gasteiger partial charge in [-0.1, -0.05) is 42.5 Å². The highest BCUT2D eigenvalue weighted by molar-refractivity contribution is 6.05. The molecule has 0 saturated carbocycles. The lowest BCUT2D eigenvalue weighted by Gasteiger charge is -2.36. The highest BCUT2D eigenvalue weighted by atomic mass is 16.2. The van der Waals surface area contributed by atoms with E-state index in [4.69, 9.17) is 0 Å². The van der Waals surface area contributed by atoms with Crippen molar-refractivity contribution in [2.24, 2.45) is 11.8 Å². The molecule has 0 radical (unpaired) electrons. The molecule has 2 aliphatic heterocycles. The average Bonchev–Trinajstić information content (AvgIpc) is 3.14. The van der Waals surface area contributed by atoms with Gasteiger partial charge in [-0.25, -0.2) is 0 Å². The van der Waals surface area contributed by atoms with E-state index in [9.17, 15) is 14.4 Å². The summed E-state index contributed by atoms with van der Waals surface area (Å²) in [6.45, 7) is 5.08. The molecule has 2 aromatic carbocycles. The molecule has 7 heteroatoms. The molecule has 0 unspecified atom stereocenters. The number of hydrogen-bond acceptors (Lipinski definition) is 5. The van der Waals surface area contributed by atoms with Crippen molar-refractivity contribution in [3.63, 3.8) is 0 Å². The fourth-order valence-corrected chi connectivity index (χ4v) is 5.29. The molecule has 182 valence electrons. The van der Waals surface area contributed by atoms with Crippen LogP contribution in [0.15, 0.2) is 66.7 Å². The number of rotatable bonds is 7. The number of hydrogen-bond donors (Lipinski definition) is 1. The van der Waals surface area contributed by atoms with Crippen molar-refractivity contribution in [3.05, 3.63) is 72.3 Å². The summed E-state index contributed by atoms with van der Waals surface area (Å²) >= 11 is 0. The number of carbonyl (C=O) groups excluding carboxylic acids is 3. The lowest BCUT2D eigenvalue weighted by atomic mass is 9.85. The number of carbonyl (C=O) groups is 3. The monoisotopic (exact) mass is 472 g/mol. The van der Waals surface area contributed by atoms with Gasteiger partial charge in [0.15, 0.2) is 0 Å². The van der Waals surface area contributed by atoms with Crippen LogP contribution in [0, 0.1) is 11.8 Å². The number of benzene rings is 2. The SMILES string of the molecule is O=C(CCN1C(=O)[C@H]2CC=CC[C@H]2C1=O)Nc1ccc(N2CCN(Cc3ccccc3)CC2)cc1. The quantitative estimate of drug-likeness (QED) is 0.495. The predicted molar refractivity (Wildman–Crippen MR) is 136 cm³/mol. The summed E-state index contributed by atoms with van der Waals surface area (Å²) in [5.41, 5.74) is 3.21. The number of piperazine rings is 1. The minimum Gasteiger partial charge on any atom is -0.369 e. The van der Waals surface area contributed by atoms with E-state index in [2.05, 4.69) is 39.4 Å². The summed E-state index contributed by atoms with van der Waals surface area (Å²) in [5, 5.41) is 2.90. The number of allylic oxidation sites excluding steroid dienone is 2. The molecule has 1 N–H and O–H groups in total. The number of anilines is 2. The molecular weight excluding hydrogens is 440 g/mol. The molecule has 3 amide bonds. The molecule has 2 heterocycles. The van der Waals surface area contributed by atoms with E-state index >= 15 is 0 Å². The third-order valence-electron chi connectivity index (χ3n) is 7.30. The molecule has 2 aromatic rings. The Bertz CT molecular complexity index is 1060. The van der Waals surface area contributed by atoms with Crippen LogP contribution in [-0.2, 0) is 20.9 Å². The zero-order valence-corrected chi connectivity index (χ0v) is 19.9. The van der Waals surface area contributed by atoms with Gasteiger partial charge in [0, 0.05) is 57.1 Å². The van der Waals surface area contributed by atoms with Crippen molar-refractivity contribution in [3.8, 4) is 0 Å². The van der Waals surface area contributed by atoms with Crippen LogP contribution in [0.3, 0.4) is 0 Å². The van der Waals surface area contributed by atoms with Crippen LogP contribution in [0.5, 0.6) is 0 Å². The Morgan fingerprint density at radius 2 is 1.46 bits per heavy atom. The molecule has 0 spiro atoms. The number of amides is 3. The van der Waals surface area contributed by atoms with Crippen LogP contribution in [0.25, 0.3) is 0 Å². The first kappa shape index (κ1) is 23.3. The molecule has 2 atom stereocenters. The van der Waals surface area contributed by atoms with E-state index in [0.717, 1.165) is 44.1 Å². The summed E-state index contributed by atoms with van der Waals surface area (Å²) in [6, 6.07) is 18.5. The summed E-state index contributed by atoms with van der Waals surface area (Å²) in [5.74, 6) is -0.955. The number of nitrogens with zero attached hydrogens (tertiary/aromatic N) is 3. The number of nitrogens with one attached hydrogen (secondary N) is 1. The van der Waals surface area contributed by atoms with E-state index in [-0.39, 0.29) is 42.5 Å². The van der Waals surface area contributed by atoms with Crippen LogP contribution in [0.4, 0.5) is 11.4 Å². The lowest BCUT2D eigenvalue weighted by Crippen LogP contribution is -2.45. The molecule has 7 nitrogen and oxygen atoms in total. The Hall–Kier alpha value is -3.45. The first-order chi connectivity index (χ1) is 17.1. The minimum atomic E-state index is -0.247. The number of imide groups is 1. The van der Waals surface area contributed by atoms with Crippen molar-refractivity contribution in [1.82, 2.24) is 9.80 Å². The van der Waals surface area contributed by atoms with Crippen molar-refractivity contribution in [2.75, 3.05) is 42.9 Å². The van der Waals surface area contributed by atoms with Crippen molar-refractivity contribution < 1.29 is 14.4 Å². The van der Waals surface area contributed by atoms with Crippen LogP contribution < -0.4 is 10.2 Å². The van der Waals surface area contributed by atoms with Gasteiger partial charge in [-0.2, -0.15) is 0 Å². The van der Waals surface area contributed by atoms with Gasteiger partial charge in [-0.15, -0.1) is 0 Å². The van der Waals surface area contributed by atoms with E-state index in [0.29, 0.717) is 12.8 Å². The predicted octanol–water partition coefficient (Wildman–Crippen LogP) is 3.29. The molecular formula is C28H32N4O3. The van der Waals surface area contributed by atoms with Crippen molar-refractivity contribution in [1.29, 1.82) is 0 Å². The third-order valence-corrected chi connectivity index (χ3v) is 7.30. The molecule has 5 rings (SSSR count). The lowest BCUT2D eigenvalue weighted by molar-refractivity contribution is -0.140. The van der Waals surface area contributed by atoms with E-state index < -0.39 is 0 Å². The minimum absolute atomic E-state index is 0.107. The van der Waals surface area contributed by atoms with Gasteiger partial charge < -0.3 is 10.2 Å². The van der Waals surface area contributed by atoms with Crippen LogP contribution in [0.1, 0.15) is 24.8 Å². The van der Waals surface area contributed by atoms with Crippen molar-refractivity contribution >= 4 is 29.1 Å². The smallest absolute Gasteiger partial charge is 0.233 e. The molecule has 1 aliphatic carbocycles. The molecule has 0 bridgehead atoms. The Kier molecular flexibility index (Phi) is 6.95. The zero-order valence-electron chi connectivity index (χ0n) is 19.9. The number of likely N-dealkylation sites (tertiary alicyclic amines) is 1. The van der Waals surface area contributed by atoms with Crippen molar-refractivity contribution in [2.45, 2.75) is 25.8 Å². The van der Waals surface area contributed by atoms with Gasteiger partial charge in [-0.05, 0) is 42.7 Å². The van der Waals surface area contributed by atoms with E-state index in [1.165, 1.54) is 10.5 Å². The zero-order chi connectivity index (χ0) is 24.2. The number of fused-ring (bicyclic) bond motifs is 1. The average molecular weight is 473 g/mol. The first-order valence-electron chi connectivity index (χ1n) is 12.5. The van der Waals surface area contributed by atoms with Gasteiger partial charge in [0.25, 0.3) is 0 Å². The summed E-state index contributed by atoms with van der Waals surface area (Å²) in [4.78, 5) is 43.7. The van der Waals surface area contributed by atoms with Crippen LogP contribution in [0.2, 0.25) is 0 Å². The second-order valence-corrected chi connectivity index (χ2v) is 9.58. The summed E-state index contributed by atoms with van der Waals surface area (Å²) in [6.07, 6.45) is 5.28. The normalized spacial score (nSPS) is 22.4. The van der Waals surface area contributed by atoms with Gasteiger partial charge in [0.2, 0.25) is 17.7 Å². The molecule has 2 fully saturated rings. The Morgan fingerprint density at radius 3 is 2.09 bits per heavy atom. The van der Waals surface area contributed by atoms with Crippen LogP contribution >= 0.6 is 0 Å². The summed E-state index contributed by atoms with van der Waals surface area (Å²) < 4.78 is 0.